The van der Waals surface area contributed by atoms with Gasteiger partial charge < -0.3 is 9.40 Å². The standard InChI is InChI=1S/C19H16FN3OS/c1-11-12(2)21-17-8-7-13(9-15(11)17)18-22-23-19(24-18)25-10-14-5-3-4-6-16(14)20/h3-9,21H,10H2,1-2H3. The first-order valence-corrected chi connectivity index (χ1v) is 8.89. The van der Waals surface area contributed by atoms with Crippen LogP contribution >= 0.6 is 11.8 Å². The Morgan fingerprint density at radius 1 is 1.12 bits per heavy atom. The zero-order valence-electron chi connectivity index (χ0n) is 13.8. The number of hydrogen-bond donors (Lipinski definition) is 1. The van der Waals surface area contributed by atoms with E-state index in [4.69, 9.17) is 4.42 Å². The summed E-state index contributed by atoms with van der Waals surface area (Å²) in [5.74, 6) is 0.693. The van der Waals surface area contributed by atoms with Crippen molar-refractivity contribution in [3.05, 3.63) is 65.1 Å². The molecule has 0 atom stereocenters. The minimum Gasteiger partial charge on any atom is -0.411 e. The van der Waals surface area contributed by atoms with Gasteiger partial charge in [0.05, 0.1) is 0 Å². The number of H-pyrrole nitrogens is 1. The van der Waals surface area contributed by atoms with Crippen molar-refractivity contribution in [2.75, 3.05) is 0 Å². The van der Waals surface area contributed by atoms with Crippen molar-refractivity contribution in [2.24, 2.45) is 0 Å². The SMILES string of the molecule is Cc1[nH]c2ccc(-c3nnc(SCc4ccccc4F)o3)cc2c1C. The Hall–Kier alpha value is -2.60. The second-order valence-corrected chi connectivity index (χ2v) is 6.82. The van der Waals surface area contributed by atoms with Crippen LogP contribution in [0.15, 0.2) is 52.1 Å². The highest BCUT2D eigenvalue weighted by Gasteiger charge is 2.12. The number of aromatic amines is 1. The normalized spacial score (nSPS) is 11.3. The van der Waals surface area contributed by atoms with E-state index in [-0.39, 0.29) is 5.82 Å². The monoisotopic (exact) mass is 353 g/mol. The summed E-state index contributed by atoms with van der Waals surface area (Å²) in [6.07, 6.45) is 0. The van der Waals surface area contributed by atoms with E-state index in [9.17, 15) is 4.39 Å². The van der Waals surface area contributed by atoms with Crippen molar-refractivity contribution in [3.63, 3.8) is 0 Å². The van der Waals surface area contributed by atoms with E-state index in [2.05, 4.69) is 29.0 Å². The minimum absolute atomic E-state index is 0.224. The lowest BCUT2D eigenvalue weighted by Crippen LogP contribution is -1.86. The molecule has 0 bridgehead atoms. The molecule has 126 valence electrons. The molecule has 2 aromatic heterocycles. The Morgan fingerprint density at radius 3 is 2.80 bits per heavy atom. The summed E-state index contributed by atoms with van der Waals surface area (Å²) in [6.45, 7) is 4.14. The van der Waals surface area contributed by atoms with Crippen LogP contribution in [0.4, 0.5) is 4.39 Å². The minimum atomic E-state index is -0.224. The summed E-state index contributed by atoms with van der Waals surface area (Å²) in [5.41, 5.74) is 4.95. The van der Waals surface area contributed by atoms with Crippen molar-refractivity contribution in [3.8, 4) is 11.5 Å². The topological polar surface area (TPSA) is 54.7 Å². The highest BCUT2D eigenvalue weighted by atomic mass is 32.2. The molecule has 0 saturated carbocycles. The van der Waals surface area contributed by atoms with E-state index in [1.807, 2.05) is 24.3 Å². The lowest BCUT2D eigenvalue weighted by molar-refractivity contribution is 0.466. The molecule has 1 N–H and O–H groups in total. The number of fused-ring (bicyclic) bond motifs is 1. The smallest absolute Gasteiger partial charge is 0.277 e. The number of hydrogen-bond acceptors (Lipinski definition) is 4. The quantitative estimate of drug-likeness (QED) is 0.508. The average molecular weight is 353 g/mol. The molecule has 0 aliphatic heterocycles. The number of aromatic nitrogens is 3. The van der Waals surface area contributed by atoms with Crippen LogP contribution in [0.2, 0.25) is 0 Å². The molecule has 0 saturated heterocycles. The largest absolute Gasteiger partial charge is 0.411 e. The number of benzene rings is 2. The molecule has 6 heteroatoms. The van der Waals surface area contributed by atoms with Crippen LogP contribution in [-0.4, -0.2) is 15.2 Å². The van der Waals surface area contributed by atoms with E-state index >= 15 is 0 Å². The highest BCUT2D eigenvalue weighted by molar-refractivity contribution is 7.98. The van der Waals surface area contributed by atoms with Gasteiger partial charge in [0.25, 0.3) is 5.22 Å². The van der Waals surface area contributed by atoms with E-state index in [0.29, 0.717) is 22.4 Å². The summed E-state index contributed by atoms with van der Waals surface area (Å²) in [7, 11) is 0. The maximum atomic E-state index is 13.7. The Balaban J connectivity index is 1.57. The van der Waals surface area contributed by atoms with Crippen molar-refractivity contribution < 1.29 is 8.81 Å². The summed E-state index contributed by atoms with van der Waals surface area (Å²) in [4.78, 5) is 3.35. The zero-order chi connectivity index (χ0) is 17.4. The molecule has 4 aromatic rings. The predicted molar refractivity (Wildman–Crippen MR) is 97.0 cm³/mol. The molecule has 4 rings (SSSR count). The number of rotatable bonds is 4. The van der Waals surface area contributed by atoms with Crippen molar-refractivity contribution >= 4 is 22.7 Å². The van der Waals surface area contributed by atoms with Gasteiger partial charge in [-0.15, -0.1) is 10.2 Å². The molecule has 0 radical (unpaired) electrons. The Bertz CT molecular complexity index is 1050. The van der Waals surface area contributed by atoms with Crippen molar-refractivity contribution in [1.29, 1.82) is 0 Å². The second-order valence-electron chi connectivity index (χ2n) is 5.89. The van der Waals surface area contributed by atoms with Gasteiger partial charge in [-0.3, -0.25) is 0 Å². The first-order chi connectivity index (χ1) is 12.1. The van der Waals surface area contributed by atoms with Gasteiger partial charge in [0.1, 0.15) is 5.82 Å². The molecular formula is C19H16FN3OS. The van der Waals surface area contributed by atoms with E-state index in [0.717, 1.165) is 22.2 Å². The molecule has 0 aliphatic carbocycles. The Labute approximate surface area is 148 Å². The predicted octanol–water partition coefficient (Wildman–Crippen LogP) is 5.27. The fraction of sp³-hybridized carbons (Fsp3) is 0.158. The van der Waals surface area contributed by atoms with Crippen LogP contribution in [0.3, 0.4) is 0 Å². The lowest BCUT2D eigenvalue weighted by atomic mass is 10.1. The molecule has 0 unspecified atom stereocenters. The molecule has 0 fully saturated rings. The van der Waals surface area contributed by atoms with Crippen LogP contribution in [-0.2, 0) is 5.75 Å². The third-order valence-corrected chi connectivity index (χ3v) is 5.14. The average Bonchev–Trinajstić information content (AvgIpc) is 3.19. The second kappa shape index (κ2) is 6.37. The lowest BCUT2D eigenvalue weighted by Gasteiger charge is -1.99. The van der Waals surface area contributed by atoms with Gasteiger partial charge in [-0.2, -0.15) is 0 Å². The number of halogens is 1. The summed E-state index contributed by atoms with van der Waals surface area (Å²) in [6, 6.07) is 12.7. The Morgan fingerprint density at radius 2 is 1.96 bits per heavy atom. The van der Waals surface area contributed by atoms with Gasteiger partial charge in [0.2, 0.25) is 5.89 Å². The summed E-state index contributed by atoms with van der Waals surface area (Å²) < 4.78 is 19.4. The Kier molecular flexibility index (Phi) is 4.05. The maximum absolute atomic E-state index is 13.7. The van der Waals surface area contributed by atoms with E-state index in [1.165, 1.54) is 23.4 Å². The van der Waals surface area contributed by atoms with Crippen LogP contribution < -0.4 is 0 Å². The fourth-order valence-electron chi connectivity index (χ4n) is 2.73. The number of nitrogens with zero attached hydrogens (tertiary/aromatic N) is 2. The zero-order valence-corrected chi connectivity index (χ0v) is 14.7. The summed E-state index contributed by atoms with van der Waals surface area (Å²) >= 11 is 1.33. The van der Waals surface area contributed by atoms with Crippen molar-refractivity contribution in [2.45, 2.75) is 24.8 Å². The molecule has 2 aromatic carbocycles. The van der Waals surface area contributed by atoms with Crippen LogP contribution in [0.1, 0.15) is 16.8 Å². The molecular weight excluding hydrogens is 337 g/mol. The van der Waals surface area contributed by atoms with E-state index in [1.54, 1.807) is 12.1 Å². The first kappa shape index (κ1) is 15.9. The highest BCUT2D eigenvalue weighted by Crippen LogP contribution is 2.29. The van der Waals surface area contributed by atoms with Gasteiger partial charge in [-0.05, 0) is 49.2 Å². The maximum Gasteiger partial charge on any atom is 0.277 e. The first-order valence-electron chi connectivity index (χ1n) is 7.91. The number of nitrogens with one attached hydrogen (secondary N) is 1. The van der Waals surface area contributed by atoms with Crippen LogP contribution in [0, 0.1) is 19.7 Å². The number of aryl methyl sites for hydroxylation is 2. The number of thioether (sulfide) groups is 1. The van der Waals surface area contributed by atoms with Crippen molar-refractivity contribution in [1.82, 2.24) is 15.2 Å². The van der Waals surface area contributed by atoms with Gasteiger partial charge in [0.15, 0.2) is 0 Å². The molecule has 0 spiro atoms. The van der Waals surface area contributed by atoms with E-state index < -0.39 is 0 Å². The fourth-order valence-corrected chi connectivity index (χ4v) is 3.48. The molecule has 0 amide bonds. The van der Waals surface area contributed by atoms with Gasteiger partial charge in [0, 0.05) is 27.9 Å². The van der Waals surface area contributed by atoms with Gasteiger partial charge in [-0.1, -0.05) is 30.0 Å². The third kappa shape index (κ3) is 3.05. The third-order valence-electron chi connectivity index (χ3n) is 4.27. The summed E-state index contributed by atoms with van der Waals surface area (Å²) in [5, 5.41) is 9.76. The molecule has 4 nitrogen and oxygen atoms in total. The van der Waals surface area contributed by atoms with Crippen LogP contribution in [0.25, 0.3) is 22.4 Å². The molecule has 2 heterocycles. The molecule has 25 heavy (non-hydrogen) atoms. The van der Waals surface area contributed by atoms with Gasteiger partial charge >= 0.3 is 0 Å². The molecule has 0 aliphatic rings. The van der Waals surface area contributed by atoms with Crippen LogP contribution in [0.5, 0.6) is 0 Å². The van der Waals surface area contributed by atoms with Gasteiger partial charge in [-0.25, -0.2) is 4.39 Å².